The summed E-state index contributed by atoms with van der Waals surface area (Å²) in [5, 5.41) is 11.9. The molecular formula is C13H17FN2O2. The van der Waals surface area contributed by atoms with Gasteiger partial charge in [-0.05, 0) is 37.4 Å². The summed E-state index contributed by atoms with van der Waals surface area (Å²) in [6.07, 6.45) is 2.91. The number of phenols is 1. The number of phenolic OH excluding ortho intramolecular Hbond substituents is 1. The number of nitrogens with one attached hydrogen (secondary N) is 1. The Morgan fingerprint density at radius 2 is 2.28 bits per heavy atom. The van der Waals surface area contributed by atoms with Crippen LogP contribution in [0.15, 0.2) is 18.2 Å². The molecule has 2 unspecified atom stereocenters. The van der Waals surface area contributed by atoms with E-state index in [4.69, 9.17) is 10.8 Å². The molecule has 0 saturated heterocycles. The number of aromatic hydroxyl groups is 1. The maximum atomic E-state index is 13.5. The lowest BCUT2D eigenvalue weighted by Gasteiger charge is -2.19. The van der Waals surface area contributed by atoms with E-state index in [0.29, 0.717) is 6.54 Å². The Balaban J connectivity index is 2.07. The van der Waals surface area contributed by atoms with Crippen LogP contribution >= 0.6 is 0 Å². The third kappa shape index (κ3) is 2.61. The summed E-state index contributed by atoms with van der Waals surface area (Å²) in [4.78, 5) is 11.9. The average molecular weight is 252 g/mol. The molecule has 1 aromatic rings. The summed E-state index contributed by atoms with van der Waals surface area (Å²) in [7, 11) is 0. The van der Waals surface area contributed by atoms with E-state index in [1.54, 1.807) is 0 Å². The van der Waals surface area contributed by atoms with Crippen LogP contribution in [0, 0.1) is 11.7 Å². The van der Waals surface area contributed by atoms with Crippen molar-refractivity contribution >= 4 is 5.91 Å². The second kappa shape index (κ2) is 5.35. The number of carbonyl (C=O) groups excluding carboxylic acids is 1. The van der Waals surface area contributed by atoms with Gasteiger partial charge in [0.2, 0.25) is 0 Å². The highest BCUT2D eigenvalue weighted by atomic mass is 19.1. The van der Waals surface area contributed by atoms with Gasteiger partial charge in [0.05, 0.1) is 5.56 Å². The topological polar surface area (TPSA) is 75.3 Å². The van der Waals surface area contributed by atoms with E-state index in [2.05, 4.69) is 5.32 Å². The fourth-order valence-electron chi connectivity index (χ4n) is 2.44. The molecule has 4 nitrogen and oxygen atoms in total. The van der Waals surface area contributed by atoms with Crippen molar-refractivity contribution in [2.75, 3.05) is 6.54 Å². The SMILES string of the molecule is NCC1CCCC1NC(=O)c1ccc(O)cc1F. The zero-order valence-corrected chi connectivity index (χ0v) is 10.0. The monoisotopic (exact) mass is 252 g/mol. The molecule has 5 heteroatoms. The summed E-state index contributed by atoms with van der Waals surface area (Å²) in [6.45, 7) is 0.531. The molecular weight excluding hydrogens is 235 g/mol. The molecule has 1 fully saturated rings. The van der Waals surface area contributed by atoms with E-state index in [1.807, 2.05) is 0 Å². The zero-order chi connectivity index (χ0) is 13.1. The van der Waals surface area contributed by atoms with Crippen LogP contribution in [0.1, 0.15) is 29.6 Å². The molecule has 0 spiro atoms. The molecule has 2 rings (SSSR count). The van der Waals surface area contributed by atoms with Crippen LogP contribution in [0.2, 0.25) is 0 Å². The number of hydrogen-bond acceptors (Lipinski definition) is 3. The second-order valence-corrected chi connectivity index (χ2v) is 4.67. The number of amides is 1. The molecule has 2 atom stereocenters. The van der Waals surface area contributed by atoms with Crippen molar-refractivity contribution in [3.8, 4) is 5.75 Å². The molecule has 0 radical (unpaired) electrons. The van der Waals surface area contributed by atoms with Crippen molar-refractivity contribution in [3.63, 3.8) is 0 Å². The van der Waals surface area contributed by atoms with E-state index in [9.17, 15) is 9.18 Å². The Kier molecular flexibility index (Phi) is 3.81. The summed E-state index contributed by atoms with van der Waals surface area (Å²) in [5.74, 6) is -1.08. The van der Waals surface area contributed by atoms with Crippen molar-refractivity contribution in [2.24, 2.45) is 11.7 Å². The highest BCUT2D eigenvalue weighted by molar-refractivity contribution is 5.94. The Bertz CT molecular complexity index is 451. The summed E-state index contributed by atoms with van der Waals surface area (Å²) < 4.78 is 13.5. The van der Waals surface area contributed by atoms with Gasteiger partial charge in [-0.3, -0.25) is 4.79 Å². The van der Waals surface area contributed by atoms with E-state index >= 15 is 0 Å². The lowest BCUT2D eigenvalue weighted by molar-refractivity contribution is 0.0924. The van der Waals surface area contributed by atoms with Crippen LogP contribution in [-0.4, -0.2) is 23.6 Å². The molecule has 98 valence electrons. The first kappa shape index (κ1) is 12.8. The normalized spacial score (nSPS) is 23.0. The third-order valence-corrected chi connectivity index (χ3v) is 3.48. The van der Waals surface area contributed by atoms with Crippen LogP contribution in [0.4, 0.5) is 4.39 Å². The zero-order valence-electron chi connectivity index (χ0n) is 10.0. The lowest BCUT2D eigenvalue weighted by atomic mass is 10.0. The van der Waals surface area contributed by atoms with Gasteiger partial charge in [0.25, 0.3) is 5.91 Å². The largest absolute Gasteiger partial charge is 0.508 e. The molecule has 1 aromatic carbocycles. The number of hydrogen-bond donors (Lipinski definition) is 3. The van der Waals surface area contributed by atoms with Crippen molar-refractivity contribution in [2.45, 2.75) is 25.3 Å². The highest BCUT2D eigenvalue weighted by Crippen LogP contribution is 2.25. The molecule has 1 aliphatic rings. The fraction of sp³-hybridized carbons (Fsp3) is 0.462. The van der Waals surface area contributed by atoms with Crippen LogP contribution in [0.5, 0.6) is 5.75 Å². The molecule has 18 heavy (non-hydrogen) atoms. The predicted molar refractivity (Wildman–Crippen MR) is 65.7 cm³/mol. The Labute approximate surface area is 105 Å². The van der Waals surface area contributed by atoms with Gasteiger partial charge in [-0.1, -0.05) is 6.42 Å². The van der Waals surface area contributed by atoms with Gasteiger partial charge in [-0.25, -0.2) is 4.39 Å². The van der Waals surface area contributed by atoms with E-state index in [-0.39, 0.29) is 23.3 Å². The minimum Gasteiger partial charge on any atom is -0.508 e. The van der Waals surface area contributed by atoms with Gasteiger partial charge in [0.1, 0.15) is 11.6 Å². The van der Waals surface area contributed by atoms with Crippen LogP contribution in [0.25, 0.3) is 0 Å². The fourth-order valence-corrected chi connectivity index (χ4v) is 2.44. The third-order valence-electron chi connectivity index (χ3n) is 3.48. The second-order valence-electron chi connectivity index (χ2n) is 4.67. The molecule has 1 aliphatic carbocycles. The average Bonchev–Trinajstić information content (AvgIpc) is 2.76. The molecule has 4 N–H and O–H groups in total. The summed E-state index contributed by atoms with van der Waals surface area (Å²) >= 11 is 0. The number of carbonyl (C=O) groups is 1. The van der Waals surface area contributed by atoms with Crippen molar-refractivity contribution in [1.82, 2.24) is 5.32 Å². The van der Waals surface area contributed by atoms with Gasteiger partial charge >= 0.3 is 0 Å². The Morgan fingerprint density at radius 3 is 2.94 bits per heavy atom. The summed E-state index contributed by atoms with van der Waals surface area (Å²) in [6, 6.07) is 3.54. The van der Waals surface area contributed by atoms with Gasteiger partial charge < -0.3 is 16.2 Å². The standard InChI is InChI=1S/C13H17FN2O2/c14-11-6-9(17)4-5-10(11)13(18)16-12-3-1-2-8(12)7-15/h4-6,8,12,17H,1-3,7,15H2,(H,16,18). The number of nitrogens with two attached hydrogens (primary N) is 1. The van der Waals surface area contributed by atoms with Crippen molar-refractivity contribution < 1.29 is 14.3 Å². The first-order valence-electron chi connectivity index (χ1n) is 6.11. The van der Waals surface area contributed by atoms with Gasteiger partial charge in [0.15, 0.2) is 0 Å². The van der Waals surface area contributed by atoms with E-state index in [0.717, 1.165) is 25.3 Å². The van der Waals surface area contributed by atoms with Crippen molar-refractivity contribution in [3.05, 3.63) is 29.6 Å². The highest BCUT2D eigenvalue weighted by Gasteiger charge is 2.28. The Hall–Kier alpha value is -1.62. The summed E-state index contributed by atoms with van der Waals surface area (Å²) in [5.41, 5.74) is 5.58. The van der Waals surface area contributed by atoms with Crippen LogP contribution in [0.3, 0.4) is 0 Å². The number of rotatable bonds is 3. The maximum Gasteiger partial charge on any atom is 0.254 e. The Morgan fingerprint density at radius 1 is 1.50 bits per heavy atom. The number of benzene rings is 1. The maximum absolute atomic E-state index is 13.5. The van der Waals surface area contributed by atoms with Gasteiger partial charge in [0, 0.05) is 12.1 Å². The first-order chi connectivity index (χ1) is 8.61. The predicted octanol–water partition coefficient (Wildman–Crippen LogP) is 1.39. The molecule has 1 saturated carbocycles. The van der Waals surface area contributed by atoms with Crippen LogP contribution in [-0.2, 0) is 0 Å². The molecule has 0 bridgehead atoms. The minimum atomic E-state index is -0.713. The number of halogens is 1. The minimum absolute atomic E-state index is 0.0238. The molecule has 0 heterocycles. The lowest BCUT2D eigenvalue weighted by Crippen LogP contribution is -2.40. The van der Waals surface area contributed by atoms with E-state index < -0.39 is 11.7 Å². The van der Waals surface area contributed by atoms with Crippen LogP contribution < -0.4 is 11.1 Å². The van der Waals surface area contributed by atoms with Crippen molar-refractivity contribution in [1.29, 1.82) is 0 Å². The quantitative estimate of drug-likeness (QED) is 0.761. The first-order valence-corrected chi connectivity index (χ1v) is 6.11. The molecule has 1 amide bonds. The molecule has 0 aliphatic heterocycles. The smallest absolute Gasteiger partial charge is 0.254 e. The molecule has 0 aromatic heterocycles. The van der Waals surface area contributed by atoms with E-state index in [1.165, 1.54) is 12.1 Å². The van der Waals surface area contributed by atoms with Gasteiger partial charge in [-0.2, -0.15) is 0 Å². The van der Waals surface area contributed by atoms with Gasteiger partial charge in [-0.15, -0.1) is 0 Å².